The number of nitrogen functional groups attached to an aromatic ring is 1. The zero-order chi connectivity index (χ0) is 14.0. The molecule has 0 fully saturated rings. The summed E-state index contributed by atoms with van der Waals surface area (Å²) in [7, 11) is 0. The molecular weight excluding hydrogens is 252 g/mol. The molecule has 2 rings (SSSR count). The summed E-state index contributed by atoms with van der Waals surface area (Å²) in [5.41, 5.74) is 5.99. The minimum atomic E-state index is -0.680. The van der Waals surface area contributed by atoms with Crippen molar-refractivity contribution in [2.45, 2.75) is 19.8 Å². The molecule has 19 heavy (non-hydrogen) atoms. The Kier molecular flexibility index (Phi) is 3.59. The Labute approximate surface area is 108 Å². The summed E-state index contributed by atoms with van der Waals surface area (Å²) < 4.78 is 26.3. The van der Waals surface area contributed by atoms with Crippen molar-refractivity contribution in [3.63, 3.8) is 0 Å². The zero-order valence-corrected chi connectivity index (χ0v) is 10.3. The fourth-order valence-corrected chi connectivity index (χ4v) is 1.83. The van der Waals surface area contributed by atoms with Crippen LogP contribution in [0, 0.1) is 11.6 Å². The summed E-state index contributed by atoms with van der Waals surface area (Å²) in [6.07, 6.45) is 0.523. The first kappa shape index (κ1) is 13.2. The average Bonchev–Trinajstić information content (AvgIpc) is 2.32. The Morgan fingerprint density at radius 1 is 1.37 bits per heavy atom. The number of H-pyrrole nitrogens is 1. The third-order valence-electron chi connectivity index (χ3n) is 2.82. The number of hydrogen-bond donors (Lipinski definition) is 2. The van der Waals surface area contributed by atoms with Crippen LogP contribution in [0.5, 0.6) is 0 Å². The van der Waals surface area contributed by atoms with Crippen LogP contribution in [0.4, 0.5) is 14.6 Å². The number of halogens is 2. The topological polar surface area (TPSA) is 71.8 Å². The fraction of sp³-hybridized carbons (Fsp3) is 0.231. The van der Waals surface area contributed by atoms with Gasteiger partial charge in [0.2, 0.25) is 0 Å². The van der Waals surface area contributed by atoms with E-state index in [0.717, 1.165) is 12.1 Å². The average molecular weight is 265 g/mol. The quantitative estimate of drug-likeness (QED) is 0.888. The molecule has 0 saturated heterocycles. The number of nitrogens with two attached hydrogens (primary N) is 1. The van der Waals surface area contributed by atoms with Gasteiger partial charge < -0.3 is 10.7 Å². The van der Waals surface area contributed by atoms with E-state index < -0.39 is 11.6 Å². The third-order valence-corrected chi connectivity index (χ3v) is 2.82. The molecule has 0 amide bonds. The van der Waals surface area contributed by atoms with Crippen molar-refractivity contribution in [1.82, 2.24) is 9.97 Å². The Balaban J connectivity index is 2.36. The molecule has 1 aromatic carbocycles. The van der Waals surface area contributed by atoms with E-state index >= 15 is 0 Å². The second-order valence-corrected chi connectivity index (χ2v) is 4.14. The highest BCUT2D eigenvalue weighted by atomic mass is 19.1. The number of nitrogens with one attached hydrogen (secondary N) is 1. The van der Waals surface area contributed by atoms with Crippen LogP contribution in [-0.4, -0.2) is 9.97 Å². The smallest absolute Gasteiger partial charge is 0.256 e. The predicted octanol–water partition coefficient (Wildman–Crippen LogP) is 1.78. The number of hydrogen-bond acceptors (Lipinski definition) is 3. The molecule has 1 heterocycles. The maximum Gasteiger partial charge on any atom is 0.256 e. The Bertz CT molecular complexity index is 667. The van der Waals surface area contributed by atoms with Crippen molar-refractivity contribution in [3.05, 3.63) is 57.1 Å². The highest BCUT2D eigenvalue weighted by Gasteiger charge is 2.10. The zero-order valence-electron chi connectivity index (χ0n) is 10.3. The number of nitrogens with zero attached hydrogens (tertiary/aromatic N) is 1. The molecule has 0 bridgehead atoms. The van der Waals surface area contributed by atoms with E-state index in [1.54, 1.807) is 6.92 Å². The van der Waals surface area contributed by atoms with Gasteiger partial charge in [0.1, 0.15) is 23.3 Å². The second kappa shape index (κ2) is 5.17. The van der Waals surface area contributed by atoms with E-state index in [1.165, 1.54) is 6.07 Å². The lowest BCUT2D eigenvalue weighted by Gasteiger charge is -2.06. The molecule has 1 aromatic heterocycles. The van der Waals surface area contributed by atoms with Gasteiger partial charge in [-0.05, 0) is 18.1 Å². The number of aromatic nitrogens is 2. The summed E-state index contributed by atoms with van der Waals surface area (Å²) in [4.78, 5) is 18.3. The fourth-order valence-electron chi connectivity index (χ4n) is 1.83. The van der Waals surface area contributed by atoms with Crippen molar-refractivity contribution in [1.29, 1.82) is 0 Å². The largest absolute Gasteiger partial charge is 0.383 e. The van der Waals surface area contributed by atoms with Crippen LogP contribution in [0.25, 0.3) is 0 Å². The molecular formula is C13H13F2N3O. The molecule has 0 aliphatic carbocycles. The van der Waals surface area contributed by atoms with Gasteiger partial charge in [0.15, 0.2) is 0 Å². The molecule has 0 radical (unpaired) electrons. The van der Waals surface area contributed by atoms with Crippen molar-refractivity contribution < 1.29 is 8.78 Å². The predicted molar refractivity (Wildman–Crippen MR) is 67.8 cm³/mol. The Morgan fingerprint density at radius 2 is 2.11 bits per heavy atom. The molecule has 0 saturated carbocycles. The maximum atomic E-state index is 13.5. The Morgan fingerprint density at radius 3 is 2.68 bits per heavy atom. The maximum absolute atomic E-state index is 13.5. The first-order valence-corrected chi connectivity index (χ1v) is 5.82. The molecule has 3 N–H and O–H groups in total. The van der Waals surface area contributed by atoms with Crippen molar-refractivity contribution in [2.75, 3.05) is 5.73 Å². The molecule has 2 aromatic rings. The van der Waals surface area contributed by atoms with Gasteiger partial charge >= 0.3 is 0 Å². The molecule has 100 valence electrons. The summed E-state index contributed by atoms with van der Waals surface area (Å²) in [5, 5.41) is 0. The van der Waals surface area contributed by atoms with Crippen LogP contribution < -0.4 is 11.3 Å². The highest BCUT2D eigenvalue weighted by Crippen LogP contribution is 2.13. The van der Waals surface area contributed by atoms with Gasteiger partial charge in [-0.15, -0.1) is 0 Å². The van der Waals surface area contributed by atoms with Crippen LogP contribution in [-0.2, 0) is 12.8 Å². The number of anilines is 1. The normalized spacial score (nSPS) is 10.7. The molecule has 0 spiro atoms. The van der Waals surface area contributed by atoms with Gasteiger partial charge in [0, 0.05) is 12.5 Å². The van der Waals surface area contributed by atoms with Crippen LogP contribution >= 0.6 is 0 Å². The van der Waals surface area contributed by atoms with Gasteiger partial charge in [0.25, 0.3) is 5.56 Å². The van der Waals surface area contributed by atoms with Gasteiger partial charge in [-0.2, -0.15) is 0 Å². The molecule has 0 aliphatic rings. The van der Waals surface area contributed by atoms with Crippen molar-refractivity contribution in [2.24, 2.45) is 0 Å². The molecule has 0 unspecified atom stereocenters. The van der Waals surface area contributed by atoms with Crippen molar-refractivity contribution in [3.8, 4) is 0 Å². The van der Waals surface area contributed by atoms with E-state index in [-0.39, 0.29) is 29.2 Å². The Hall–Kier alpha value is -2.24. The van der Waals surface area contributed by atoms with Crippen molar-refractivity contribution >= 4 is 5.82 Å². The minimum absolute atomic E-state index is 0.0511. The summed E-state index contributed by atoms with van der Waals surface area (Å²) in [6, 6.07) is 3.26. The SMILES string of the molecule is CCc1c(N)nc(Cc2ccc(F)cc2F)[nH]c1=O. The molecule has 0 aliphatic heterocycles. The van der Waals surface area contributed by atoms with E-state index in [0.29, 0.717) is 12.0 Å². The van der Waals surface area contributed by atoms with E-state index in [9.17, 15) is 13.6 Å². The van der Waals surface area contributed by atoms with Gasteiger partial charge in [-0.1, -0.05) is 13.0 Å². The lowest BCUT2D eigenvalue weighted by Crippen LogP contribution is -2.19. The van der Waals surface area contributed by atoms with Crippen LogP contribution in [0.1, 0.15) is 23.9 Å². The standard InChI is InChI=1S/C13H13F2N3O/c1-2-9-12(16)17-11(18-13(9)19)5-7-3-4-8(14)6-10(7)15/h3-4,6H,2,5H2,1H3,(H3,16,17,18,19). The summed E-state index contributed by atoms with van der Waals surface area (Å²) in [5.74, 6) is -0.932. The third kappa shape index (κ3) is 2.78. The first-order valence-electron chi connectivity index (χ1n) is 5.82. The summed E-state index contributed by atoms with van der Waals surface area (Å²) in [6.45, 7) is 1.79. The lowest BCUT2D eigenvalue weighted by atomic mass is 10.1. The van der Waals surface area contributed by atoms with E-state index in [2.05, 4.69) is 9.97 Å². The minimum Gasteiger partial charge on any atom is -0.383 e. The highest BCUT2D eigenvalue weighted by molar-refractivity contribution is 5.38. The van der Waals surface area contributed by atoms with E-state index in [1.807, 2.05) is 0 Å². The van der Waals surface area contributed by atoms with Crippen LogP contribution in [0.15, 0.2) is 23.0 Å². The molecule has 4 nitrogen and oxygen atoms in total. The molecule has 0 atom stereocenters. The van der Waals surface area contributed by atoms with E-state index in [4.69, 9.17) is 5.73 Å². The van der Waals surface area contributed by atoms with Crippen LogP contribution in [0.2, 0.25) is 0 Å². The van der Waals surface area contributed by atoms with Gasteiger partial charge in [-0.3, -0.25) is 4.79 Å². The lowest BCUT2D eigenvalue weighted by molar-refractivity contribution is 0.573. The van der Waals surface area contributed by atoms with Gasteiger partial charge in [-0.25, -0.2) is 13.8 Å². The molecule has 6 heteroatoms. The number of benzene rings is 1. The monoisotopic (exact) mass is 265 g/mol. The summed E-state index contributed by atoms with van der Waals surface area (Å²) >= 11 is 0. The van der Waals surface area contributed by atoms with Gasteiger partial charge in [0.05, 0.1) is 5.56 Å². The number of aromatic amines is 1. The second-order valence-electron chi connectivity index (χ2n) is 4.14. The van der Waals surface area contributed by atoms with Crippen LogP contribution in [0.3, 0.4) is 0 Å². The first-order chi connectivity index (χ1) is 9.01. The number of rotatable bonds is 3.